The summed E-state index contributed by atoms with van der Waals surface area (Å²) in [6.45, 7) is 14.0. The lowest BCUT2D eigenvalue weighted by Gasteiger charge is -2.36. The van der Waals surface area contributed by atoms with Crippen LogP contribution in [0.2, 0.25) is 0 Å². The number of esters is 1. The summed E-state index contributed by atoms with van der Waals surface area (Å²) in [5.74, 6) is -2.07. The molecule has 11 nitrogen and oxygen atoms in total. The molecule has 4 rings (SSSR count). The first-order valence-electron chi connectivity index (χ1n) is 17.3. The van der Waals surface area contributed by atoms with Crippen LogP contribution in [0.25, 0.3) is 0 Å². The molecule has 1 aliphatic carbocycles. The number of hydrogen-bond donors (Lipinski definition) is 4. The first-order valence-corrected chi connectivity index (χ1v) is 17.3. The van der Waals surface area contributed by atoms with Crippen molar-refractivity contribution in [3.63, 3.8) is 0 Å². The van der Waals surface area contributed by atoms with Crippen LogP contribution < -0.4 is 10.6 Å². The Morgan fingerprint density at radius 3 is 1.92 bits per heavy atom. The van der Waals surface area contributed by atoms with Crippen molar-refractivity contribution in [3.8, 4) is 11.5 Å². The van der Waals surface area contributed by atoms with Crippen LogP contribution in [0.4, 0.5) is 4.79 Å². The zero-order valence-electron chi connectivity index (χ0n) is 30.7. The lowest BCUT2D eigenvalue weighted by atomic mass is 9.97. The van der Waals surface area contributed by atoms with Crippen LogP contribution in [0.5, 0.6) is 11.5 Å². The summed E-state index contributed by atoms with van der Waals surface area (Å²) in [6.07, 6.45) is -0.125. The molecule has 0 heterocycles. The Labute approximate surface area is 300 Å². The number of alkyl carbamates (subject to hydrolysis) is 1. The summed E-state index contributed by atoms with van der Waals surface area (Å²) in [5.41, 5.74) is 0.378. The van der Waals surface area contributed by atoms with Gasteiger partial charge >= 0.3 is 12.1 Å². The molecule has 1 fully saturated rings. The number of carbonyl (C=O) groups excluding carboxylic acids is 4. The quantitative estimate of drug-likeness (QED) is 0.171. The summed E-state index contributed by atoms with van der Waals surface area (Å²) in [4.78, 5) is 57.8. The number of benzene rings is 3. The Hall–Kier alpha value is -5.06. The second-order valence-electron chi connectivity index (χ2n) is 15.3. The number of aryl methyl sites for hydroxylation is 1. The van der Waals surface area contributed by atoms with E-state index in [0.717, 1.165) is 5.56 Å². The molecule has 3 aromatic carbocycles. The monoisotopic (exact) mass is 701 g/mol. The number of aromatic hydroxyl groups is 2. The van der Waals surface area contributed by atoms with Gasteiger partial charge in [0.15, 0.2) is 0 Å². The number of para-hydroxylation sites is 1. The van der Waals surface area contributed by atoms with Gasteiger partial charge in [-0.25, -0.2) is 9.59 Å². The minimum atomic E-state index is -1.39. The maximum Gasteiger partial charge on any atom is 0.408 e. The number of phenolic OH excluding ortho intramolecular Hbond substituents is 2. The SMILES string of the molecule is Cc1cccc(C(C(=O)NC(Cc2ccccc2)C(=O)OC(C)(C)C)N(C(=O)C(Cc2ccc(O)cc2)NC(=O)OC(C)(C)C)C2CC2C)c1O. The van der Waals surface area contributed by atoms with Crippen molar-refractivity contribution >= 4 is 23.9 Å². The summed E-state index contributed by atoms with van der Waals surface area (Å²) >= 11 is 0. The van der Waals surface area contributed by atoms with Gasteiger partial charge in [-0.05, 0) is 89.6 Å². The first-order chi connectivity index (χ1) is 23.8. The van der Waals surface area contributed by atoms with Crippen molar-refractivity contribution in [1.29, 1.82) is 0 Å². The number of carbonyl (C=O) groups is 4. The molecule has 5 unspecified atom stereocenters. The molecule has 11 heteroatoms. The van der Waals surface area contributed by atoms with Crippen molar-refractivity contribution in [3.05, 3.63) is 95.1 Å². The van der Waals surface area contributed by atoms with Gasteiger partial charge in [-0.1, -0.05) is 67.6 Å². The van der Waals surface area contributed by atoms with Gasteiger partial charge in [0.25, 0.3) is 0 Å². The van der Waals surface area contributed by atoms with E-state index in [0.29, 0.717) is 17.5 Å². The molecule has 0 aliphatic heterocycles. The van der Waals surface area contributed by atoms with Crippen molar-refractivity contribution in [2.45, 2.75) is 110 Å². The van der Waals surface area contributed by atoms with Gasteiger partial charge in [0.2, 0.25) is 11.8 Å². The normalized spacial score (nSPS) is 17.3. The van der Waals surface area contributed by atoms with Crippen LogP contribution in [-0.4, -0.2) is 68.3 Å². The third kappa shape index (κ3) is 11.0. The van der Waals surface area contributed by atoms with Crippen molar-refractivity contribution in [2.24, 2.45) is 5.92 Å². The van der Waals surface area contributed by atoms with Gasteiger partial charge < -0.3 is 35.2 Å². The van der Waals surface area contributed by atoms with E-state index in [1.54, 1.807) is 78.8 Å². The zero-order chi connectivity index (χ0) is 37.7. The average Bonchev–Trinajstić information content (AvgIpc) is 3.75. The zero-order valence-corrected chi connectivity index (χ0v) is 30.7. The molecule has 5 atom stereocenters. The lowest BCUT2D eigenvalue weighted by molar-refractivity contribution is -0.159. The second-order valence-corrected chi connectivity index (χ2v) is 15.3. The van der Waals surface area contributed by atoms with Crippen LogP contribution in [-0.2, 0) is 36.7 Å². The third-order valence-corrected chi connectivity index (χ3v) is 8.42. The molecule has 0 saturated heterocycles. The Morgan fingerprint density at radius 1 is 0.784 bits per heavy atom. The average molecular weight is 702 g/mol. The summed E-state index contributed by atoms with van der Waals surface area (Å²) in [6, 6.07) is 16.2. The number of ether oxygens (including phenoxy) is 2. The molecular weight excluding hydrogens is 650 g/mol. The molecular formula is C40H51N3O8. The summed E-state index contributed by atoms with van der Waals surface area (Å²) < 4.78 is 11.2. The van der Waals surface area contributed by atoms with Gasteiger partial charge in [-0.15, -0.1) is 0 Å². The maximum absolute atomic E-state index is 14.9. The predicted octanol–water partition coefficient (Wildman–Crippen LogP) is 5.89. The van der Waals surface area contributed by atoms with Crippen molar-refractivity contribution in [2.75, 3.05) is 0 Å². The van der Waals surface area contributed by atoms with Crippen molar-refractivity contribution in [1.82, 2.24) is 15.5 Å². The summed E-state index contributed by atoms with van der Waals surface area (Å²) in [5, 5.41) is 26.9. The molecule has 0 bridgehead atoms. The Kier molecular flexibility index (Phi) is 12.1. The van der Waals surface area contributed by atoms with Gasteiger partial charge in [-0.2, -0.15) is 0 Å². The summed E-state index contributed by atoms with van der Waals surface area (Å²) in [7, 11) is 0. The minimum Gasteiger partial charge on any atom is -0.508 e. The van der Waals surface area contributed by atoms with E-state index in [1.807, 2.05) is 37.3 Å². The Balaban J connectivity index is 1.80. The van der Waals surface area contributed by atoms with E-state index in [-0.39, 0.29) is 35.8 Å². The van der Waals surface area contributed by atoms with Crippen LogP contribution in [0, 0.1) is 12.8 Å². The van der Waals surface area contributed by atoms with Gasteiger partial charge in [-0.3, -0.25) is 9.59 Å². The van der Waals surface area contributed by atoms with E-state index in [1.165, 1.54) is 17.0 Å². The highest BCUT2D eigenvalue weighted by molar-refractivity contribution is 5.95. The highest BCUT2D eigenvalue weighted by Gasteiger charge is 2.49. The number of phenols is 2. The van der Waals surface area contributed by atoms with E-state index in [9.17, 15) is 29.4 Å². The van der Waals surface area contributed by atoms with Crippen LogP contribution in [0.15, 0.2) is 72.8 Å². The molecule has 4 N–H and O–H groups in total. The fourth-order valence-electron chi connectivity index (χ4n) is 5.86. The van der Waals surface area contributed by atoms with Crippen molar-refractivity contribution < 1.29 is 38.9 Å². The highest BCUT2D eigenvalue weighted by atomic mass is 16.6. The molecule has 1 aliphatic rings. The molecule has 0 aromatic heterocycles. The number of rotatable bonds is 12. The molecule has 0 spiro atoms. The fraction of sp³-hybridized carbons (Fsp3) is 0.450. The van der Waals surface area contributed by atoms with Crippen LogP contribution in [0.1, 0.15) is 83.2 Å². The van der Waals surface area contributed by atoms with E-state index in [2.05, 4.69) is 10.6 Å². The highest BCUT2D eigenvalue weighted by Crippen LogP contribution is 2.43. The largest absolute Gasteiger partial charge is 0.508 e. The molecule has 0 radical (unpaired) electrons. The Morgan fingerprint density at radius 2 is 1.35 bits per heavy atom. The molecule has 51 heavy (non-hydrogen) atoms. The number of amides is 3. The number of nitrogens with zero attached hydrogens (tertiary/aromatic N) is 1. The molecule has 3 amide bonds. The Bertz CT molecular complexity index is 1700. The maximum atomic E-state index is 14.9. The lowest BCUT2D eigenvalue weighted by Crippen LogP contribution is -2.56. The smallest absolute Gasteiger partial charge is 0.408 e. The van der Waals surface area contributed by atoms with E-state index in [4.69, 9.17) is 9.47 Å². The fourth-order valence-corrected chi connectivity index (χ4v) is 5.86. The molecule has 274 valence electrons. The standard InChI is InChI=1S/C40H51N3O8/c1-24-13-12-16-29(34(24)45)33(35(46)41-31(37(48)50-39(3,4)5)23-26-14-10-9-11-15-26)43(32-21-25(32)2)36(47)30(42-38(49)51-40(6,7)8)22-27-17-19-28(44)20-18-27/h9-20,25,30-33,44-45H,21-23H2,1-8H3,(H,41,46)(H,42,49). The van der Waals surface area contributed by atoms with Crippen LogP contribution in [0.3, 0.4) is 0 Å². The van der Waals surface area contributed by atoms with Gasteiger partial charge in [0, 0.05) is 24.4 Å². The minimum absolute atomic E-state index is 0.00183. The number of hydrogen-bond acceptors (Lipinski definition) is 8. The van der Waals surface area contributed by atoms with E-state index >= 15 is 0 Å². The predicted molar refractivity (Wildman–Crippen MR) is 193 cm³/mol. The molecule has 1 saturated carbocycles. The third-order valence-electron chi connectivity index (χ3n) is 8.42. The second kappa shape index (κ2) is 15.9. The van der Waals surface area contributed by atoms with Crippen LogP contribution >= 0.6 is 0 Å². The topological polar surface area (TPSA) is 154 Å². The molecule has 3 aromatic rings. The van der Waals surface area contributed by atoms with Gasteiger partial charge in [0.05, 0.1) is 0 Å². The van der Waals surface area contributed by atoms with Gasteiger partial charge in [0.1, 0.15) is 40.8 Å². The van der Waals surface area contributed by atoms with E-state index < -0.39 is 59.2 Å². The number of nitrogens with one attached hydrogen (secondary N) is 2. The first kappa shape index (κ1) is 38.7.